The quantitative estimate of drug-likeness (QED) is 0.401. The Morgan fingerprint density at radius 3 is 2.53 bits per heavy atom. The summed E-state index contributed by atoms with van der Waals surface area (Å²) in [6.45, 7) is 4.70. The minimum Gasteiger partial charge on any atom is -0.505 e. The second-order valence-corrected chi connectivity index (χ2v) is 9.68. The van der Waals surface area contributed by atoms with Crippen molar-refractivity contribution in [1.82, 2.24) is 15.0 Å². The number of aromatic nitrogens is 1. The highest BCUT2D eigenvalue weighted by atomic mass is 32.2. The van der Waals surface area contributed by atoms with Crippen molar-refractivity contribution in [3.05, 3.63) is 65.9 Å². The molecule has 8 heteroatoms. The number of phenols is 1. The number of amides is 1. The molecule has 0 fully saturated rings. The van der Waals surface area contributed by atoms with E-state index in [0.717, 1.165) is 17.4 Å². The van der Waals surface area contributed by atoms with Crippen molar-refractivity contribution in [2.45, 2.75) is 43.9 Å². The molecule has 2 aromatic carbocycles. The van der Waals surface area contributed by atoms with Crippen molar-refractivity contribution in [2.75, 3.05) is 13.1 Å². The number of phenolic OH excluding ortho intramolecular Hbond substituents is 1. The molecular formula is C24H29N3O4S. The lowest BCUT2D eigenvalue weighted by Gasteiger charge is -2.13. The fourth-order valence-electron chi connectivity index (χ4n) is 3.52. The number of aromatic hydroxyl groups is 1. The smallest absolute Gasteiger partial charge is 0.255 e. The largest absolute Gasteiger partial charge is 0.505 e. The molecule has 0 aliphatic carbocycles. The monoisotopic (exact) mass is 455 g/mol. The summed E-state index contributed by atoms with van der Waals surface area (Å²) in [7, 11) is -3.55. The number of benzene rings is 2. The number of rotatable bonds is 10. The van der Waals surface area contributed by atoms with Crippen LogP contribution in [0.15, 0.2) is 59.6 Å². The standard InChI is InChI=1S/C24H29N3O4S/c1-17(2)19-10-4-5-11-21(19)32(30,31)27-16-7-3-6-14-26-24(29)20-13-12-18-9-8-15-25-22(18)23(20)28/h4-5,8-13,15,17,27-28H,3,6-7,14,16H2,1-2H3,(H,26,29). The van der Waals surface area contributed by atoms with E-state index < -0.39 is 10.0 Å². The van der Waals surface area contributed by atoms with E-state index in [1.807, 2.05) is 32.0 Å². The van der Waals surface area contributed by atoms with Crippen LogP contribution in [0, 0.1) is 0 Å². The number of carbonyl (C=O) groups excluding carboxylic acids is 1. The highest BCUT2D eigenvalue weighted by molar-refractivity contribution is 7.89. The first-order valence-corrected chi connectivity index (χ1v) is 12.2. The Kier molecular flexibility index (Phi) is 7.82. The summed E-state index contributed by atoms with van der Waals surface area (Å²) < 4.78 is 27.9. The SMILES string of the molecule is CC(C)c1ccccc1S(=O)(=O)NCCCCCNC(=O)c1ccc2cccnc2c1O. The van der Waals surface area contributed by atoms with Crippen LogP contribution in [-0.4, -0.2) is 37.5 Å². The van der Waals surface area contributed by atoms with Gasteiger partial charge in [0, 0.05) is 24.7 Å². The Hall–Kier alpha value is -2.97. The number of nitrogens with one attached hydrogen (secondary N) is 2. The summed E-state index contributed by atoms with van der Waals surface area (Å²) in [4.78, 5) is 16.8. The van der Waals surface area contributed by atoms with E-state index in [1.165, 1.54) is 0 Å². The summed E-state index contributed by atoms with van der Waals surface area (Å²) >= 11 is 0. The van der Waals surface area contributed by atoms with Gasteiger partial charge in [-0.1, -0.05) is 50.6 Å². The van der Waals surface area contributed by atoms with Crippen molar-refractivity contribution in [3.63, 3.8) is 0 Å². The Morgan fingerprint density at radius 2 is 1.75 bits per heavy atom. The molecule has 7 nitrogen and oxygen atoms in total. The topological polar surface area (TPSA) is 108 Å². The molecule has 0 radical (unpaired) electrons. The number of unbranched alkanes of at least 4 members (excludes halogenated alkanes) is 2. The maximum absolute atomic E-state index is 12.6. The molecule has 3 aromatic rings. The fraction of sp³-hybridized carbons (Fsp3) is 0.333. The molecule has 0 aliphatic rings. The second-order valence-electron chi connectivity index (χ2n) is 7.94. The van der Waals surface area contributed by atoms with E-state index in [9.17, 15) is 18.3 Å². The first-order valence-electron chi connectivity index (χ1n) is 10.7. The van der Waals surface area contributed by atoms with Crippen molar-refractivity contribution >= 4 is 26.8 Å². The molecule has 0 spiro atoms. The van der Waals surface area contributed by atoms with E-state index in [0.29, 0.717) is 36.3 Å². The zero-order valence-electron chi connectivity index (χ0n) is 18.3. The number of hydrogen-bond acceptors (Lipinski definition) is 5. The summed E-state index contributed by atoms with van der Waals surface area (Å²) in [5, 5.41) is 13.9. The molecule has 0 unspecified atom stereocenters. The molecule has 3 rings (SSSR count). The van der Waals surface area contributed by atoms with Gasteiger partial charge in [-0.25, -0.2) is 13.1 Å². The first-order chi connectivity index (χ1) is 15.3. The maximum atomic E-state index is 12.6. The molecule has 0 aliphatic heterocycles. The Morgan fingerprint density at radius 1 is 1.00 bits per heavy atom. The van der Waals surface area contributed by atoms with Gasteiger partial charge < -0.3 is 10.4 Å². The number of hydrogen-bond donors (Lipinski definition) is 3. The minimum atomic E-state index is -3.55. The third-order valence-corrected chi connectivity index (χ3v) is 6.79. The summed E-state index contributed by atoms with van der Waals surface area (Å²) in [5.41, 5.74) is 1.38. The van der Waals surface area contributed by atoms with Crippen molar-refractivity contribution in [3.8, 4) is 5.75 Å². The zero-order valence-corrected chi connectivity index (χ0v) is 19.2. The first kappa shape index (κ1) is 23.7. The predicted molar refractivity (Wildman–Crippen MR) is 125 cm³/mol. The summed E-state index contributed by atoms with van der Waals surface area (Å²) in [6, 6.07) is 14.0. The molecule has 0 saturated carbocycles. The van der Waals surface area contributed by atoms with Gasteiger partial charge in [0.15, 0.2) is 5.75 Å². The number of carbonyl (C=O) groups is 1. The third-order valence-electron chi connectivity index (χ3n) is 5.25. The Balaban J connectivity index is 1.43. The lowest BCUT2D eigenvalue weighted by atomic mass is 10.0. The molecule has 0 atom stereocenters. The molecule has 0 saturated heterocycles. The molecule has 1 aromatic heterocycles. The number of pyridine rings is 1. The van der Waals surface area contributed by atoms with Crippen LogP contribution in [0.25, 0.3) is 10.9 Å². The van der Waals surface area contributed by atoms with Crippen LogP contribution < -0.4 is 10.0 Å². The third kappa shape index (κ3) is 5.63. The van der Waals surface area contributed by atoms with Gasteiger partial charge in [-0.05, 0) is 42.5 Å². The Labute approximate surface area is 188 Å². The normalized spacial score (nSPS) is 11.7. The van der Waals surface area contributed by atoms with Gasteiger partial charge >= 0.3 is 0 Å². The van der Waals surface area contributed by atoms with Gasteiger partial charge in [-0.3, -0.25) is 9.78 Å². The highest BCUT2D eigenvalue weighted by Crippen LogP contribution is 2.26. The van der Waals surface area contributed by atoms with E-state index in [1.54, 1.807) is 36.5 Å². The van der Waals surface area contributed by atoms with Gasteiger partial charge in [-0.15, -0.1) is 0 Å². The summed E-state index contributed by atoms with van der Waals surface area (Å²) in [5.74, 6) is -0.373. The van der Waals surface area contributed by atoms with Crippen LogP contribution in [-0.2, 0) is 10.0 Å². The van der Waals surface area contributed by atoms with E-state index in [-0.39, 0.29) is 23.1 Å². The lowest BCUT2D eigenvalue weighted by molar-refractivity contribution is 0.0950. The van der Waals surface area contributed by atoms with Crippen molar-refractivity contribution < 1.29 is 18.3 Å². The molecule has 0 bridgehead atoms. The molecule has 32 heavy (non-hydrogen) atoms. The zero-order chi connectivity index (χ0) is 23.1. The van der Waals surface area contributed by atoms with Gasteiger partial charge in [-0.2, -0.15) is 0 Å². The molecule has 1 amide bonds. The van der Waals surface area contributed by atoms with E-state index >= 15 is 0 Å². The minimum absolute atomic E-state index is 0.115. The maximum Gasteiger partial charge on any atom is 0.255 e. The van der Waals surface area contributed by atoms with E-state index in [4.69, 9.17) is 0 Å². The highest BCUT2D eigenvalue weighted by Gasteiger charge is 2.19. The van der Waals surface area contributed by atoms with Crippen LogP contribution >= 0.6 is 0 Å². The van der Waals surface area contributed by atoms with Crippen LogP contribution in [0.3, 0.4) is 0 Å². The molecule has 170 valence electrons. The number of sulfonamides is 1. The molecular weight excluding hydrogens is 426 g/mol. The fourth-order valence-corrected chi connectivity index (χ4v) is 4.96. The van der Waals surface area contributed by atoms with Crippen LogP contribution in [0.4, 0.5) is 0 Å². The van der Waals surface area contributed by atoms with Crippen molar-refractivity contribution in [1.29, 1.82) is 0 Å². The number of fused-ring (bicyclic) bond motifs is 1. The Bertz CT molecular complexity index is 1190. The van der Waals surface area contributed by atoms with Gasteiger partial charge in [0.2, 0.25) is 10.0 Å². The van der Waals surface area contributed by atoms with Gasteiger partial charge in [0.1, 0.15) is 5.52 Å². The average molecular weight is 456 g/mol. The van der Waals surface area contributed by atoms with Gasteiger partial charge in [0.25, 0.3) is 5.91 Å². The molecule has 3 N–H and O–H groups in total. The second kappa shape index (κ2) is 10.6. The lowest BCUT2D eigenvalue weighted by Crippen LogP contribution is -2.27. The van der Waals surface area contributed by atoms with Crippen LogP contribution in [0.1, 0.15) is 54.9 Å². The average Bonchev–Trinajstić information content (AvgIpc) is 2.78. The predicted octanol–water partition coefficient (Wildman–Crippen LogP) is 3.94. The van der Waals surface area contributed by atoms with Crippen molar-refractivity contribution in [2.24, 2.45) is 0 Å². The molecule has 1 heterocycles. The van der Waals surface area contributed by atoms with E-state index in [2.05, 4.69) is 15.0 Å². The summed E-state index contributed by atoms with van der Waals surface area (Å²) in [6.07, 6.45) is 3.67. The van der Waals surface area contributed by atoms with Crippen LogP contribution in [0.5, 0.6) is 5.75 Å². The number of nitrogens with zero attached hydrogens (tertiary/aromatic N) is 1. The van der Waals surface area contributed by atoms with Crippen LogP contribution in [0.2, 0.25) is 0 Å². The van der Waals surface area contributed by atoms with Gasteiger partial charge in [0.05, 0.1) is 10.5 Å².